The molecule has 0 radical (unpaired) electrons. The number of amides is 1. The molecule has 1 atom stereocenters. The van der Waals surface area contributed by atoms with Gasteiger partial charge in [0.05, 0.1) is 19.6 Å². The van der Waals surface area contributed by atoms with Gasteiger partial charge in [-0.2, -0.15) is 0 Å². The van der Waals surface area contributed by atoms with Crippen molar-refractivity contribution in [1.82, 2.24) is 5.32 Å². The first-order chi connectivity index (χ1) is 13.2. The SMILES string of the molecule is COC(=O)CC(NC(=O)CCc1ccc(-c2ccccc2)o1)c1cccs1. The zero-order valence-corrected chi connectivity index (χ0v) is 15.8. The largest absolute Gasteiger partial charge is 0.469 e. The molecule has 1 unspecified atom stereocenters. The summed E-state index contributed by atoms with van der Waals surface area (Å²) in [6.45, 7) is 0. The van der Waals surface area contributed by atoms with Gasteiger partial charge in [0.1, 0.15) is 11.5 Å². The van der Waals surface area contributed by atoms with E-state index in [-0.39, 0.29) is 30.8 Å². The smallest absolute Gasteiger partial charge is 0.307 e. The Morgan fingerprint density at radius 1 is 1.11 bits per heavy atom. The number of carbonyl (C=O) groups excluding carboxylic acids is 2. The highest BCUT2D eigenvalue weighted by atomic mass is 32.1. The van der Waals surface area contributed by atoms with E-state index in [1.165, 1.54) is 18.4 Å². The number of hydrogen-bond donors (Lipinski definition) is 1. The molecule has 0 fully saturated rings. The third-order valence-electron chi connectivity index (χ3n) is 4.14. The lowest BCUT2D eigenvalue weighted by atomic mass is 10.1. The van der Waals surface area contributed by atoms with Gasteiger partial charge in [0.15, 0.2) is 0 Å². The summed E-state index contributed by atoms with van der Waals surface area (Å²) in [4.78, 5) is 24.9. The lowest BCUT2D eigenvalue weighted by Crippen LogP contribution is -2.30. The van der Waals surface area contributed by atoms with Gasteiger partial charge < -0.3 is 14.5 Å². The third kappa shape index (κ3) is 5.31. The molecule has 27 heavy (non-hydrogen) atoms. The van der Waals surface area contributed by atoms with Crippen LogP contribution >= 0.6 is 11.3 Å². The number of furan rings is 1. The van der Waals surface area contributed by atoms with Gasteiger partial charge in [-0.3, -0.25) is 9.59 Å². The van der Waals surface area contributed by atoms with Crippen molar-refractivity contribution in [2.24, 2.45) is 0 Å². The molecule has 1 aromatic carbocycles. The predicted molar refractivity (Wildman–Crippen MR) is 104 cm³/mol. The Balaban J connectivity index is 1.57. The second-order valence-electron chi connectivity index (χ2n) is 6.05. The highest BCUT2D eigenvalue weighted by Crippen LogP contribution is 2.24. The summed E-state index contributed by atoms with van der Waals surface area (Å²) in [6.07, 6.45) is 0.889. The maximum absolute atomic E-state index is 12.4. The zero-order chi connectivity index (χ0) is 19.1. The molecular weight excluding hydrogens is 362 g/mol. The van der Waals surface area contributed by atoms with Crippen LogP contribution < -0.4 is 5.32 Å². The second-order valence-corrected chi connectivity index (χ2v) is 7.03. The third-order valence-corrected chi connectivity index (χ3v) is 5.12. The number of nitrogens with one attached hydrogen (secondary N) is 1. The molecule has 0 saturated heterocycles. The van der Waals surface area contributed by atoms with E-state index in [0.717, 1.165) is 22.0 Å². The molecule has 2 aromatic heterocycles. The highest BCUT2D eigenvalue weighted by Gasteiger charge is 2.20. The Morgan fingerprint density at radius 2 is 1.93 bits per heavy atom. The number of aryl methyl sites for hydroxylation is 1. The fourth-order valence-electron chi connectivity index (χ4n) is 2.74. The minimum atomic E-state index is -0.374. The van der Waals surface area contributed by atoms with Crippen molar-refractivity contribution < 1.29 is 18.7 Å². The van der Waals surface area contributed by atoms with Gasteiger partial charge in [-0.15, -0.1) is 11.3 Å². The number of thiophene rings is 1. The maximum Gasteiger partial charge on any atom is 0.307 e. The molecule has 6 heteroatoms. The van der Waals surface area contributed by atoms with Crippen LogP contribution in [0.3, 0.4) is 0 Å². The molecule has 0 bridgehead atoms. The molecule has 0 aliphatic carbocycles. The van der Waals surface area contributed by atoms with Crippen molar-refractivity contribution in [3.63, 3.8) is 0 Å². The highest BCUT2D eigenvalue weighted by molar-refractivity contribution is 7.10. The molecule has 0 spiro atoms. The number of rotatable bonds is 8. The van der Waals surface area contributed by atoms with E-state index in [9.17, 15) is 9.59 Å². The molecule has 0 aliphatic rings. The minimum absolute atomic E-state index is 0.113. The van der Waals surface area contributed by atoms with Gasteiger partial charge in [-0.05, 0) is 23.6 Å². The van der Waals surface area contributed by atoms with Gasteiger partial charge in [0.25, 0.3) is 0 Å². The van der Waals surface area contributed by atoms with Crippen LogP contribution in [0.2, 0.25) is 0 Å². The number of ether oxygens (including phenoxy) is 1. The minimum Gasteiger partial charge on any atom is -0.469 e. The fourth-order valence-corrected chi connectivity index (χ4v) is 3.51. The normalized spacial score (nSPS) is 11.7. The first-order valence-corrected chi connectivity index (χ1v) is 9.57. The van der Waals surface area contributed by atoms with Crippen LogP contribution in [0.1, 0.15) is 29.5 Å². The number of hydrogen-bond acceptors (Lipinski definition) is 5. The molecule has 0 aliphatic heterocycles. The van der Waals surface area contributed by atoms with E-state index in [1.807, 2.05) is 60.0 Å². The molecule has 3 rings (SSSR count). The summed E-state index contributed by atoms with van der Waals surface area (Å²) in [5, 5.41) is 4.84. The molecule has 2 heterocycles. The fraction of sp³-hybridized carbons (Fsp3) is 0.238. The van der Waals surface area contributed by atoms with Crippen LogP contribution in [0.5, 0.6) is 0 Å². The topological polar surface area (TPSA) is 68.5 Å². The van der Waals surface area contributed by atoms with Crippen molar-refractivity contribution in [3.8, 4) is 11.3 Å². The molecule has 140 valence electrons. The molecular formula is C21H21NO4S. The number of carbonyl (C=O) groups is 2. The first-order valence-electron chi connectivity index (χ1n) is 8.69. The zero-order valence-electron chi connectivity index (χ0n) is 15.0. The summed E-state index contributed by atoms with van der Waals surface area (Å²) in [7, 11) is 1.34. The summed E-state index contributed by atoms with van der Waals surface area (Å²) >= 11 is 1.50. The van der Waals surface area contributed by atoms with E-state index in [1.54, 1.807) is 0 Å². The van der Waals surface area contributed by atoms with Crippen LogP contribution in [0, 0.1) is 0 Å². The Labute approximate surface area is 162 Å². The Hall–Kier alpha value is -2.86. The average Bonchev–Trinajstić information content (AvgIpc) is 3.38. The van der Waals surface area contributed by atoms with Crippen molar-refractivity contribution in [3.05, 3.63) is 70.6 Å². The van der Waals surface area contributed by atoms with Crippen molar-refractivity contribution in [2.45, 2.75) is 25.3 Å². The summed E-state index contributed by atoms with van der Waals surface area (Å²) in [6, 6.07) is 17.0. The Kier molecular flexibility index (Phi) is 6.44. The lowest BCUT2D eigenvalue weighted by molar-refractivity contribution is -0.141. The molecule has 0 saturated carbocycles. The molecule has 5 nitrogen and oxygen atoms in total. The van der Waals surface area contributed by atoms with Gasteiger partial charge in [0.2, 0.25) is 5.91 Å². The average molecular weight is 383 g/mol. The van der Waals surface area contributed by atoms with Crippen LogP contribution in [-0.4, -0.2) is 19.0 Å². The van der Waals surface area contributed by atoms with E-state index < -0.39 is 0 Å². The maximum atomic E-state index is 12.4. The van der Waals surface area contributed by atoms with Gasteiger partial charge >= 0.3 is 5.97 Å². The molecule has 3 aromatic rings. The standard InChI is InChI=1S/C21H21NO4S/c1-25-21(24)14-17(19-8-5-13-27-19)22-20(23)12-10-16-9-11-18(26-16)15-6-3-2-4-7-15/h2-9,11,13,17H,10,12,14H2,1H3,(H,22,23). The summed E-state index contributed by atoms with van der Waals surface area (Å²) in [5.74, 6) is 1.06. The number of methoxy groups -OCH3 is 1. The first kappa shape index (κ1) is 18.9. The van der Waals surface area contributed by atoms with Gasteiger partial charge in [-0.1, -0.05) is 36.4 Å². The monoisotopic (exact) mass is 383 g/mol. The second kappa shape index (κ2) is 9.19. The Morgan fingerprint density at radius 3 is 2.63 bits per heavy atom. The predicted octanol–water partition coefficient (Wildman–Crippen LogP) is 4.36. The quantitative estimate of drug-likeness (QED) is 0.587. The van der Waals surface area contributed by atoms with Gasteiger partial charge in [-0.25, -0.2) is 0 Å². The van der Waals surface area contributed by atoms with E-state index in [2.05, 4.69) is 5.32 Å². The number of benzene rings is 1. The molecule has 1 N–H and O–H groups in total. The van der Waals surface area contributed by atoms with Crippen LogP contribution in [0.15, 0.2) is 64.4 Å². The van der Waals surface area contributed by atoms with Crippen molar-refractivity contribution in [2.75, 3.05) is 7.11 Å². The van der Waals surface area contributed by atoms with E-state index in [4.69, 9.17) is 9.15 Å². The van der Waals surface area contributed by atoms with Crippen molar-refractivity contribution in [1.29, 1.82) is 0 Å². The molecule has 1 amide bonds. The summed E-state index contributed by atoms with van der Waals surface area (Å²) in [5.41, 5.74) is 1.00. The van der Waals surface area contributed by atoms with Crippen LogP contribution in [-0.2, 0) is 20.7 Å². The van der Waals surface area contributed by atoms with E-state index >= 15 is 0 Å². The van der Waals surface area contributed by atoms with Gasteiger partial charge in [0, 0.05) is 23.3 Å². The van der Waals surface area contributed by atoms with Crippen LogP contribution in [0.25, 0.3) is 11.3 Å². The van der Waals surface area contributed by atoms with Crippen LogP contribution in [0.4, 0.5) is 0 Å². The lowest BCUT2D eigenvalue weighted by Gasteiger charge is -2.16. The number of esters is 1. The van der Waals surface area contributed by atoms with E-state index in [0.29, 0.717) is 6.42 Å². The van der Waals surface area contributed by atoms with Crippen molar-refractivity contribution >= 4 is 23.2 Å². The summed E-state index contributed by atoms with van der Waals surface area (Å²) < 4.78 is 10.6. The Bertz CT molecular complexity index is 871.